The van der Waals surface area contributed by atoms with Gasteiger partial charge in [0.25, 0.3) is 0 Å². The Balaban J connectivity index is 2.00. The number of anilines is 1. The zero-order chi connectivity index (χ0) is 16.8. The number of methoxy groups -OCH3 is 1. The van der Waals surface area contributed by atoms with Crippen molar-refractivity contribution in [2.75, 3.05) is 12.4 Å². The maximum atomic E-state index is 13.5. The molecule has 2 aromatic carbocycles. The molecule has 0 atom stereocenters. The maximum absolute atomic E-state index is 13.5. The molecule has 5 nitrogen and oxygen atoms in total. The Hall–Kier alpha value is -2.67. The van der Waals surface area contributed by atoms with Gasteiger partial charge in [0, 0.05) is 24.4 Å². The highest BCUT2D eigenvalue weighted by molar-refractivity contribution is 5.89. The first-order chi connectivity index (χ1) is 11.0. The number of rotatable bonds is 5. The number of carbonyl (C=O) groups excluding carboxylic acids is 1. The van der Waals surface area contributed by atoms with Crippen LogP contribution in [0.4, 0.5) is 19.3 Å². The Bertz CT molecular complexity index is 684. The molecule has 0 bridgehead atoms. The van der Waals surface area contributed by atoms with Crippen LogP contribution in [0.2, 0.25) is 0 Å². The van der Waals surface area contributed by atoms with E-state index in [0.717, 1.165) is 24.8 Å². The first-order valence-corrected chi connectivity index (χ1v) is 6.80. The third-order valence-corrected chi connectivity index (χ3v) is 3.19. The number of halogens is 2. The largest absolute Gasteiger partial charge is 0.491 e. The van der Waals surface area contributed by atoms with E-state index in [1.54, 1.807) is 24.3 Å². The molecule has 0 aliphatic heterocycles. The molecule has 0 spiro atoms. The molecule has 0 unspecified atom stereocenters. The van der Waals surface area contributed by atoms with Crippen molar-refractivity contribution in [3.05, 3.63) is 59.2 Å². The molecule has 0 aliphatic carbocycles. The number of amides is 2. The van der Waals surface area contributed by atoms with Gasteiger partial charge in [0.05, 0.1) is 13.7 Å². The van der Waals surface area contributed by atoms with E-state index in [4.69, 9.17) is 0 Å². The summed E-state index contributed by atoms with van der Waals surface area (Å²) in [6.07, 6.45) is 0. The van der Waals surface area contributed by atoms with E-state index < -0.39 is 23.4 Å². The van der Waals surface area contributed by atoms with Crippen LogP contribution in [-0.4, -0.2) is 18.2 Å². The Kier molecular flexibility index (Phi) is 5.48. The third kappa shape index (κ3) is 4.17. The van der Waals surface area contributed by atoms with Crippen LogP contribution < -0.4 is 15.4 Å². The van der Waals surface area contributed by atoms with E-state index in [-0.39, 0.29) is 18.8 Å². The molecule has 2 aromatic rings. The van der Waals surface area contributed by atoms with Crippen molar-refractivity contribution in [1.29, 1.82) is 0 Å². The summed E-state index contributed by atoms with van der Waals surface area (Å²) < 4.78 is 31.7. The highest BCUT2D eigenvalue weighted by Crippen LogP contribution is 2.25. The molecule has 2 rings (SSSR count). The summed E-state index contributed by atoms with van der Waals surface area (Å²) >= 11 is 0. The second-order valence-corrected chi connectivity index (χ2v) is 4.71. The third-order valence-electron chi connectivity index (χ3n) is 3.19. The van der Waals surface area contributed by atoms with E-state index in [0.29, 0.717) is 5.56 Å². The van der Waals surface area contributed by atoms with E-state index in [9.17, 15) is 18.7 Å². The zero-order valence-electron chi connectivity index (χ0n) is 12.4. The van der Waals surface area contributed by atoms with Gasteiger partial charge in [0.2, 0.25) is 0 Å². The van der Waals surface area contributed by atoms with Crippen LogP contribution in [0.3, 0.4) is 0 Å². The summed E-state index contributed by atoms with van der Waals surface area (Å²) in [6, 6.07) is 8.36. The summed E-state index contributed by atoms with van der Waals surface area (Å²) in [5, 5.41) is 14.1. The average Bonchev–Trinajstić information content (AvgIpc) is 2.53. The summed E-state index contributed by atoms with van der Waals surface area (Å²) in [7, 11) is 1.15. The summed E-state index contributed by atoms with van der Waals surface area (Å²) in [6.45, 7) is 0.0259. The van der Waals surface area contributed by atoms with Crippen LogP contribution in [0, 0.1) is 11.6 Å². The lowest BCUT2D eigenvalue weighted by Gasteiger charge is -2.11. The molecular weight excluding hydrogens is 306 g/mol. The van der Waals surface area contributed by atoms with Crippen LogP contribution in [0.25, 0.3) is 0 Å². The van der Waals surface area contributed by atoms with Crippen LogP contribution in [0.1, 0.15) is 11.1 Å². The molecule has 3 N–H and O–H groups in total. The van der Waals surface area contributed by atoms with Gasteiger partial charge in [-0.05, 0) is 11.1 Å². The summed E-state index contributed by atoms with van der Waals surface area (Å²) in [5.74, 6) is -2.32. The Labute approximate surface area is 131 Å². The molecule has 23 heavy (non-hydrogen) atoms. The average molecular weight is 322 g/mol. The topological polar surface area (TPSA) is 70.6 Å². The smallest absolute Gasteiger partial charge is 0.319 e. The molecule has 0 saturated heterocycles. The Morgan fingerprint density at radius 2 is 1.78 bits per heavy atom. The van der Waals surface area contributed by atoms with E-state index in [2.05, 4.69) is 15.4 Å². The highest BCUT2D eigenvalue weighted by Gasteiger charge is 2.13. The summed E-state index contributed by atoms with van der Waals surface area (Å²) in [4.78, 5) is 11.8. The van der Waals surface area contributed by atoms with Gasteiger partial charge in [-0.3, -0.25) is 0 Å². The predicted molar refractivity (Wildman–Crippen MR) is 81.1 cm³/mol. The van der Waals surface area contributed by atoms with Crippen molar-refractivity contribution in [2.45, 2.75) is 13.2 Å². The molecule has 0 saturated carbocycles. The van der Waals surface area contributed by atoms with Gasteiger partial charge < -0.3 is 20.5 Å². The van der Waals surface area contributed by atoms with Crippen LogP contribution in [0.15, 0.2) is 36.4 Å². The number of nitrogens with one attached hydrogen (secondary N) is 2. The van der Waals surface area contributed by atoms with Crippen LogP contribution in [-0.2, 0) is 13.2 Å². The van der Waals surface area contributed by atoms with Gasteiger partial charge in [-0.25, -0.2) is 13.6 Å². The molecule has 0 radical (unpaired) electrons. The van der Waals surface area contributed by atoms with Crippen molar-refractivity contribution >= 4 is 11.7 Å². The number of urea groups is 1. The van der Waals surface area contributed by atoms with E-state index >= 15 is 0 Å². The fourth-order valence-electron chi connectivity index (χ4n) is 2.06. The number of benzene rings is 2. The van der Waals surface area contributed by atoms with E-state index in [1.807, 2.05) is 0 Å². The lowest BCUT2D eigenvalue weighted by Crippen LogP contribution is -2.28. The number of hydrogen-bond donors (Lipinski definition) is 3. The number of hydrogen-bond acceptors (Lipinski definition) is 3. The Morgan fingerprint density at radius 1 is 1.17 bits per heavy atom. The summed E-state index contributed by atoms with van der Waals surface area (Å²) in [5.41, 5.74) is 1.40. The first kappa shape index (κ1) is 16.7. The van der Waals surface area contributed by atoms with Gasteiger partial charge >= 0.3 is 6.03 Å². The minimum atomic E-state index is -0.909. The van der Waals surface area contributed by atoms with Crippen molar-refractivity contribution in [3.63, 3.8) is 0 Å². The van der Waals surface area contributed by atoms with Gasteiger partial charge in [-0.15, -0.1) is 0 Å². The van der Waals surface area contributed by atoms with Gasteiger partial charge in [0.15, 0.2) is 17.4 Å². The van der Waals surface area contributed by atoms with E-state index in [1.165, 1.54) is 0 Å². The first-order valence-electron chi connectivity index (χ1n) is 6.80. The van der Waals surface area contributed by atoms with Crippen LogP contribution >= 0.6 is 0 Å². The number of carbonyl (C=O) groups is 1. The lowest BCUT2D eigenvalue weighted by molar-refractivity contribution is 0.251. The van der Waals surface area contributed by atoms with Crippen molar-refractivity contribution < 1.29 is 23.4 Å². The van der Waals surface area contributed by atoms with Gasteiger partial charge in [-0.2, -0.15) is 0 Å². The minimum absolute atomic E-state index is 0.0336. The normalized spacial score (nSPS) is 10.3. The molecule has 0 aliphatic rings. The molecular formula is C16H16F2N2O3. The van der Waals surface area contributed by atoms with Crippen LogP contribution in [0.5, 0.6) is 5.75 Å². The number of aliphatic hydroxyl groups is 1. The van der Waals surface area contributed by atoms with Gasteiger partial charge in [0.1, 0.15) is 0 Å². The Morgan fingerprint density at radius 3 is 2.35 bits per heavy atom. The van der Waals surface area contributed by atoms with Crippen molar-refractivity contribution in [2.24, 2.45) is 0 Å². The second-order valence-electron chi connectivity index (χ2n) is 4.71. The molecule has 0 heterocycles. The molecule has 2 amide bonds. The quantitative estimate of drug-likeness (QED) is 0.793. The lowest BCUT2D eigenvalue weighted by atomic mass is 10.1. The zero-order valence-corrected chi connectivity index (χ0v) is 12.4. The fraction of sp³-hybridized carbons (Fsp3) is 0.188. The minimum Gasteiger partial charge on any atom is -0.491 e. The predicted octanol–water partition coefficient (Wildman–Crippen LogP) is 2.79. The standard InChI is InChI=1S/C16H16F2N2O3/c1-23-15-13(17)6-12(7-14(15)18)20-16(22)19-8-10-4-2-3-5-11(10)9-21/h2-7,21H,8-9H2,1H3,(H2,19,20,22). The molecule has 7 heteroatoms. The SMILES string of the molecule is COc1c(F)cc(NC(=O)NCc2ccccc2CO)cc1F. The monoisotopic (exact) mass is 322 g/mol. The number of aliphatic hydroxyl groups excluding tert-OH is 1. The highest BCUT2D eigenvalue weighted by atomic mass is 19.1. The van der Waals surface area contributed by atoms with Crippen molar-refractivity contribution in [1.82, 2.24) is 5.32 Å². The number of ether oxygens (including phenoxy) is 1. The molecule has 0 fully saturated rings. The van der Waals surface area contributed by atoms with Gasteiger partial charge in [-0.1, -0.05) is 24.3 Å². The maximum Gasteiger partial charge on any atom is 0.319 e. The molecule has 122 valence electrons. The fourth-order valence-corrected chi connectivity index (χ4v) is 2.06. The second kappa shape index (κ2) is 7.55. The van der Waals surface area contributed by atoms with Crippen molar-refractivity contribution in [3.8, 4) is 5.75 Å². The molecule has 0 aromatic heterocycles.